The van der Waals surface area contributed by atoms with Gasteiger partial charge in [-0.1, -0.05) is 36.7 Å². The van der Waals surface area contributed by atoms with Crippen molar-refractivity contribution in [1.82, 2.24) is 19.7 Å². The third-order valence-electron chi connectivity index (χ3n) is 5.76. The average molecular weight is 476 g/mol. The van der Waals surface area contributed by atoms with Crippen LogP contribution in [0.4, 0.5) is 5.69 Å². The van der Waals surface area contributed by atoms with E-state index in [1.807, 2.05) is 62.7 Å². The first-order valence-electron chi connectivity index (χ1n) is 11.1. The van der Waals surface area contributed by atoms with Gasteiger partial charge in [0.15, 0.2) is 0 Å². The van der Waals surface area contributed by atoms with E-state index in [0.717, 1.165) is 33.8 Å². The van der Waals surface area contributed by atoms with E-state index in [1.54, 1.807) is 12.1 Å². The van der Waals surface area contributed by atoms with Crippen LogP contribution >= 0.6 is 11.6 Å². The highest BCUT2D eigenvalue weighted by Crippen LogP contribution is 2.24. The Morgan fingerprint density at radius 2 is 1.91 bits per heavy atom. The molecule has 0 aliphatic heterocycles. The molecule has 8 heteroatoms. The summed E-state index contributed by atoms with van der Waals surface area (Å²) in [7, 11) is 0. The van der Waals surface area contributed by atoms with Gasteiger partial charge in [0, 0.05) is 39.3 Å². The Kier molecular flexibility index (Phi) is 6.65. The maximum atomic E-state index is 12.9. The number of nitrogens with zero attached hydrogens (tertiary/aromatic N) is 3. The number of benzene rings is 2. The fourth-order valence-electron chi connectivity index (χ4n) is 3.83. The Morgan fingerprint density at radius 3 is 2.65 bits per heavy atom. The predicted octanol–water partition coefficient (Wildman–Crippen LogP) is 4.94. The Hall–Kier alpha value is -3.71. The van der Waals surface area contributed by atoms with Crippen molar-refractivity contribution in [2.75, 3.05) is 5.32 Å². The molecule has 2 N–H and O–H groups in total. The highest BCUT2D eigenvalue weighted by Gasteiger charge is 2.17. The highest BCUT2D eigenvalue weighted by atomic mass is 35.5. The molecule has 0 saturated carbocycles. The molecule has 2 heterocycles. The number of aromatic amines is 1. The second-order valence-electron chi connectivity index (χ2n) is 8.24. The van der Waals surface area contributed by atoms with Crippen LogP contribution in [0.3, 0.4) is 0 Å². The van der Waals surface area contributed by atoms with Gasteiger partial charge in [0.2, 0.25) is 5.91 Å². The van der Waals surface area contributed by atoms with E-state index in [4.69, 9.17) is 11.6 Å². The number of carbonyl (C=O) groups excluding carboxylic acids is 1. The van der Waals surface area contributed by atoms with Gasteiger partial charge in [-0.3, -0.25) is 9.59 Å². The lowest BCUT2D eigenvalue weighted by Crippen LogP contribution is -2.15. The van der Waals surface area contributed by atoms with Gasteiger partial charge < -0.3 is 10.3 Å². The summed E-state index contributed by atoms with van der Waals surface area (Å²) in [5.74, 6) is 0.318. The maximum absolute atomic E-state index is 12.9. The van der Waals surface area contributed by atoms with Crippen LogP contribution in [0, 0.1) is 20.8 Å². The van der Waals surface area contributed by atoms with Crippen LogP contribution in [0.5, 0.6) is 0 Å². The summed E-state index contributed by atoms with van der Waals surface area (Å²) in [6, 6.07) is 14.5. The Bertz CT molecular complexity index is 1440. The van der Waals surface area contributed by atoms with E-state index in [-0.39, 0.29) is 17.9 Å². The van der Waals surface area contributed by atoms with Crippen molar-refractivity contribution < 1.29 is 4.79 Å². The highest BCUT2D eigenvalue weighted by molar-refractivity contribution is 6.31. The topological polar surface area (TPSA) is 92.7 Å². The van der Waals surface area contributed by atoms with Gasteiger partial charge in [-0.15, -0.1) is 0 Å². The van der Waals surface area contributed by atoms with Crippen LogP contribution in [0.25, 0.3) is 17.1 Å². The molecule has 7 nitrogen and oxygen atoms in total. The van der Waals surface area contributed by atoms with Crippen LogP contribution in [0.1, 0.15) is 35.1 Å². The van der Waals surface area contributed by atoms with Crippen LogP contribution < -0.4 is 10.9 Å². The van der Waals surface area contributed by atoms with Crippen molar-refractivity contribution in [2.24, 2.45) is 0 Å². The van der Waals surface area contributed by atoms with E-state index in [1.165, 1.54) is 6.07 Å². The third-order valence-corrected chi connectivity index (χ3v) is 6.16. The summed E-state index contributed by atoms with van der Waals surface area (Å²) in [6.45, 7) is 7.74. The molecule has 0 saturated heterocycles. The summed E-state index contributed by atoms with van der Waals surface area (Å²) in [6.07, 6.45) is 0.844. The molecule has 0 atom stereocenters. The zero-order valence-corrected chi connectivity index (χ0v) is 20.3. The van der Waals surface area contributed by atoms with Crippen molar-refractivity contribution in [3.63, 3.8) is 0 Å². The molecule has 0 bridgehead atoms. The molecule has 0 radical (unpaired) electrons. The molecule has 0 aliphatic rings. The number of nitrogens with one attached hydrogen (secondary N) is 2. The third kappa shape index (κ3) is 4.94. The van der Waals surface area contributed by atoms with Crippen LogP contribution in [0.15, 0.2) is 53.3 Å². The molecule has 0 fully saturated rings. The number of hydrogen-bond donors (Lipinski definition) is 2. The summed E-state index contributed by atoms with van der Waals surface area (Å²) in [4.78, 5) is 32.1. The minimum absolute atomic E-state index is 0.159. The number of amides is 1. The van der Waals surface area contributed by atoms with Crippen molar-refractivity contribution >= 4 is 23.2 Å². The minimum Gasteiger partial charge on any atom is -0.326 e. The molecule has 174 valence electrons. The Labute approximate surface area is 202 Å². The number of H-pyrrole nitrogens is 1. The van der Waals surface area contributed by atoms with Crippen molar-refractivity contribution in [2.45, 2.75) is 40.5 Å². The Morgan fingerprint density at radius 1 is 1.12 bits per heavy atom. The first-order valence-corrected chi connectivity index (χ1v) is 11.4. The second-order valence-corrected chi connectivity index (χ2v) is 8.65. The van der Waals surface area contributed by atoms with E-state index in [9.17, 15) is 9.59 Å². The van der Waals surface area contributed by atoms with Gasteiger partial charge in [-0.2, -0.15) is 5.10 Å². The smallest absolute Gasteiger partial charge is 0.251 e. The van der Waals surface area contributed by atoms with E-state index in [0.29, 0.717) is 28.6 Å². The quantitative estimate of drug-likeness (QED) is 0.413. The molecule has 4 aromatic rings. The van der Waals surface area contributed by atoms with Crippen LogP contribution in [-0.2, 0) is 17.6 Å². The van der Waals surface area contributed by atoms with Gasteiger partial charge in [0.05, 0.1) is 17.8 Å². The van der Waals surface area contributed by atoms with E-state index < -0.39 is 0 Å². The van der Waals surface area contributed by atoms with Gasteiger partial charge in [0.25, 0.3) is 5.56 Å². The van der Waals surface area contributed by atoms with Gasteiger partial charge in [-0.25, -0.2) is 9.67 Å². The predicted molar refractivity (Wildman–Crippen MR) is 135 cm³/mol. The summed E-state index contributed by atoms with van der Waals surface area (Å²) < 4.78 is 1.81. The zero-order chi connectivity index (χ0) is 24.4. The summed E-state index contributed by atoms with van der Waals surface area (Å²) >= 11 is 6.29. The van der Waals surface area contributed by atoms with Crippen LogP contribution in [-0.4, -0.2) is 25.7 Å². The fourth-order valence-corrected chi connectivity index (χ4v) is 4.01. The van der Waals surface area contributed by atoms with Crippen molar-refractivity contribution in [3.05, 3.63) is 92.1 Å². The molecule has 0 spiro atoms. The molecule has 1 amide bonds. The summed E-state index contributed by atoms with van der Waals surface area (Å²) in [5, 5.41) is 8.24. The second kappa shape index (κ2) is 9.65. The van der Waals surface area contributed by atoms with Gasteiger partial charge in [0.1, 0.15) is 5.82 Å². The summed E-state index contributed by atoms with van der Waals surface area (Å²) in [5.41, 5.74) is 6.25. The SMILES string of the molecule is CCc1cc(=O)[nH]c(-c2cccc(NC(=O)Cc3c(C)nn(-c4ccc(C)c(Cl)c4)c3C)c2)n1. The number of rotatable bonds is 6. The minimum atomic E-state index is -0.200. The largest absolute Gasteiger partial charge is 0.326 e. The van der Waals surface area contributed by atoms with Crippen molar-refractivity contribution in [3.8, 4) is 17.1 Å². The molecule has 34 heavy (non-hydrogen) atoms. The first-order chi connectivity index (χ1) is 16.2. The van der Waals surface area contributed by atoms with Gasteiger partial charge in [-0.05, 0) is 57.0 Å². The molecule has 4 rings (SSSR count). The normalized spacial score (nSPS) is 11.0. The number of halogens is 1. The lowest BCUT2D eigenvalue weighted by molar-refractivity contribution is -0.115. The maximum Gasteiger partial charge on any atom is 0.251 e. The number of carbonyl (C=O) groups is 1. The van der Waals surface area contributed by atoms with Gasteiger partial charge >= 0.3 is 0 Å². The zero-order valence-electron chi connectivity index (χ0n) is 19.6. The van der Waals surface area contributed by atoms with E-state index in [2.05, 4.69) is 20.4 Å². The standard InChI is InChI=1S/C26H26ClN5O2/c1-5-19-12-24(33)30-26(29-19)18-7-6-8-20(11-18)28-25(34)14-22-16(3)31-32(17(22)4)21-10-9-15(2)23(27)13-21/h6-13H,5,14H2,1-4H3,(H,28,34)(H,29,30,33). The molecular formula is C26H26ClN5O2. The lowest BCUT2D eigenvalue weighted by Gasteiger charge is -2.09. The van der Waals surface area contributed by atoms with Crippen LogP contribution in [0.2, 0.25) is 5.02 Å². The monoisotopic (exact) mass is 475 g/mol. The molecule has 0 unspecified atom stereocenters. The van der Waals surface area contributed by atoms with E-state index >= 15 is 0 Å². The molecular weight excluding hydrogens is 450 g/mol. The number of aryl methyl sites for hydroxylation is 3. The number of anilines is 1. The number of hydrogen-bond acceptors (Lipinski definition) is 4. The molecule has 2 aromatic heterocycles. The average Bonchev–Trinajstić information content (AvgIpc) is 3.08. The molecule has 0 aliphatic carbocycles. The fraction of sp³-hybridized carbons (Fsp3) is 0.231. The number of aromatic nitrogens is 4. The molecule has 2 aromatic carbocycles. The van der Waals surface area contributed by atoms with Crippen molar-refractivity contribution in [1.29, 1.82) is 0 Å². The first kappa shape index (κ1) is 23.4. The Balaban J connectivity index is 1.54. The lowest BCUT2D eigenvalue weighted by atomic mass is 10.1.